The Hall–Kier alpha value is -2.79. The van der Waals surface area contributed by atoms with E-state index in [0.717, 1.165) is 27.6 Å². The van der Waals surface area contributed by atoms with E-state index in [1.54, 1.807) is 11.6 Å². The van der Waals surface area contributed by atoms with Gasteiger partial charge in [0.15, 0.2) is 6.61 Å². The summed E-state index contributed by atoms with van der Waals surface area (Å²) >= 11 is 6.30. The fraction of sp³-hybridized carbons (Fsp3) is 0.273. The van der Waals surface area contributed by atoms with Gasteiger partial charge in [-0.1, -0.05) is 29.8 Å². The molecule has 5 nitrogen and oxygen atoms in total. The highest BCUT2D eigenvalue weighted by atomic mass is 35.5. The number of rotatable bonds is 5. The minimum Gasteiger partial charge on any atom is -0.481 e. The molecule has 146 valence electrons. The lowest BCUT2D eigenvalue weighted by Crippen LogP contribution is -2.24. The number of halogens is 1. The summed E-state index contributed by atoms with van der Waals surface area (Å²) in [5.74, 6) is 0.0855. The minimum absolute atomic E-state index is 0.0746. The first-order valence-electron chi connectivity index (χ1n) is 8.89. The monoisotopic (exact) mass is 399 g/mol. The third-order valence-corrected chi connectivity index (χ3v) is 5.24. The number of fused-ring (bicyclic) bond motifs is 1. The molecule has 1 aromatic heterocycles. The predicted molar refractivity (Wildman–Crippen MR) is 110 cm³/mol. The van der Waals surface area contributed by atoms with Crippen molar-refractivity contribution in [1.82, 2.24) is 4.57 Å². The van der Waals surface area contributed by atoms with Crippen LogP contribution >= 0.6 is 11.6 Å². The number of esters is 1. The smallest absolute Gasteiger partial charge is 0.343 e. The molecule has 0 aliphatic carbocycles. The van der Waals surface area contributed by atoms with Crippen molar-refractivity contribution in [2.45, 2.75) is 20.3 Å². The number of pyridine rings is 1. The zero-order valence-corrected chi connectivity index (χ0v) is 17.1. The van der Waals surface area contributed by atoms with Crippen LogP contribution < -0.4 is 10.3 Å². The largest absolute Gasteiger partial charge is 0.481 e. The van der Waals surface area contributed by atoms with E-state index in [9.17, 15) is 9.59 Å². The van der Waals surface area contributed by atoms with Crippen LogP contribution in [0, 0.1) is 13.8 Å². The van der Waals surface area contributed by atoms with Gasteiger partial charge in [0.1, 0.15) is 5.75 Å². The van der Waals surface area contributed by atoms with Crippen LogP contribution in [0.25, 0.3) is 10.9 Å². The van der Waals surface area contributed by atoms with Crippen LogP contribution in [0.15, 0.2) is 41.2 Å². The van der Waals surface area contributed by atoms with Gasteiger partial charge in [-0.25, -0.2) is 4.79 Å². The van der Waals surface area contributed by atoms with Crippen molar-refractivity contribution in [3.63, 3.8) is 0 Å². The molecule has 0 saturated carbocycles. The lowest BCUT2D eigenvalue weighted by molar-refractivity contribution is -0.142. The summed E-state index contributed by atoms with van der Waals surface area (Å²) in [6.45, 7) is 3.62. The number of carbonyl (C=O) groups is 1. The van der Waals surface area contributed by atoms with Gasteiger partial charge in [-0.2, -0.15) is 0 Å². The van der Waals surface area contributed by atoms with E-state index in [2.05, 4.69) is 4.74 Å². The predicted octanol–water partition coefficient (Wildman–Crippen LogP) is 3.95. The normalized spacial score (nSPS) is 10.9. The maximum absolute atomic E-state index is 13.1. The third kappa shape index (κ3) is 3.76. The van der Waals surface area contributed by atoms with Crippen molar-refractivity contribution < 1.29 is 14.3 Å². The molecule has 0 spiro atoms. The maximum atomic E-state index is 13.1. The van der Waals surface area contributed by atoms with Crippen molar-refractivity contribution in [3.05, 3.63) is 74.0 Å². The van der Waals surface area contributed by atoms with Gasteiger partial charge in [0.2, 0.25) is 0 Å². The molecule has 0 aliphatic heterocycles. The molecular weight excluding hydrogens is 378 g/mol. The fourth-order valence-corrected chi connectivity index (χ4v) is 3.55. The van der Waals surface area contributed by atoms with Gasteiger partial charge in [0.05, 0.1) is 12.6 Å². The molecule has 0 atom stereocenters. The van der Waals surface area contributed by atoms with E-state index >= 15 is 0 Å². The number of aryl methyl sites for hydroxylation is 3. The molecule has 6 heteroatoms. The lowest BCUT2D eigenvalue weighted by Gasteiger charge is -2.17. The summed E-state index contributed by atoms with van der Waals surface area (Å²) in [6.07, 6.45) is 0.415. The highest BCUT2D eigenvalue weighted by Gasteiger charge is 2.18. The number of methoxy groups -OCH3 is 1. The van der Waals surface area contributed by atoms with Crippen molar-refractivity contribution in [3.8, 4) is 5.75 Å². The molecule has 1 heterocycles. The molecule has 0 unspecified atom stereocenters. The van der Waals surface area contributed by atoms with Crippen molar-refractivity contribution >= 4 is 28.5 Å². The highest BCUT2D eigenvalue weighted by Crippen LogP contribution is 2.32. The number of benzene rings is 2. The Morgan fingerprint density at radius 3 is 2.57 bits per heavy atom. The van der Waals surface area contributed by atoms with E-state index in [1.165, 1.54) is 7.11 Å². The van der Waals surface area contributed by atoms with Crippen molar-refractivity contribution in [2.75, 3.05) is 13.7 Å². The molecule has 0 aliphatic rings. The number of nitrogens with zero attached hydrogens (tertiary/aromatic N) is 1. The van der Waals surface area contributed by atoms with Gasteiger partial charge < -0.3 is 14.0 Å². The van der Waals surface area contributed by atoms with Crippen LogP contribution in [0.5, 0.6) is 5.75 Å². The van der Waals surface area contributed by atoms with E-state index in [0.29, 0.717) is 22.8 Å². The first kappa shape index (κ1) is 20.0. The molecule has 0 radical (unpaired) electrons. The van der Waals surface area contributed by atoms with E-state index in [-0.39, 0.29) is 12.2 Å². The maximum Gasteiger partial charge on any atom is 0.343 e. The minimum atomic E-state index is -0.464. The average molecular weight is 400 g/mol. The van der Waals surface area contributed by atoms with E-state index in [1.807, 2.05) is 50.2 Å². The Labute approximate surface area is 168 Å². The summed E-state index contributed by atoms with van der Waals surface area (Å²) < 4.78 is 12.0. The van der Waals surface area contributed by atoms with Gasteiger partial charge >= 0.3 is 5.97 Å². The Kier molecular flexibility index (Phi) is 5.75. The SMILES string of the molecule is COC(=O)COc1cc(C)cc2c1c(C)c(Cc1ccccc1Cl)c(=O)n2C. The summed E-state index contributed by atoms with van der Waals surface area (Å²) in [5, 5.41) is 1.42. The second kappa shape index (κ2) is 8.07. The zero-order chi connectivity index (χ0) is 20.4. The second-order valence-electron chi connectivity index (χ2n) is 6.76. The molecule has 3 rings (SSSR count). The van der Waals surface area contributed by atoms with Crippen LogP contribution in [0.2, 0.25) is 5.02 Å². The summed E-state index contributed by atoms with van der Waals surface area (Å²) in [6, 6.07) is 11.3. The van der Waals surface area contributed by atoms with Gasteiger partial charge in [-0.3, -0.25) is 4.79 Å². The Balaban J connectivity index is 2.21. The zero-order valence-electron chi connectivity index (χ0n) is 16.3. The quantitative estimate of drug-likeness (QED) is 0.609. The van der Waals surface area contributed by atoms with Gasteiger partial charge in [0, 0.05) is 29.4 Å². The first-order chi connectivity index (χ1) is 13.3. The van der Waals surface area contributed by atoms with Gasteiger partial charge in [0.25, 0.3) is 5.56 Å². The molecule has 0 saturated heterocycles. The summed E-state index contributed by atoms with van der Waals surface area (Å²) in [4.78, 5) is 24.6. The van der Waals surface area contributed by atoms with Gasteiger partial charge in [-0.05, 0) is 48.7 Å². The molecule has 0 N–H and O–H groups in total. The van der Waals surface area contributed by atoms with Crippen LogP contribution in [0.1, 0.15) is 22.3 Å². The topological polar surface area (TPSA) is 57.5 Å². The Morgan fingerprint density at radius 2 is 1.89 bits per heavy atom. The van der Waals surface area contributed by atoms with Crippen LogP contribution in [-0.4, -0.2) is 24.3 Å². The average Bonchev–Trinajstić information content (AvgIpc) is 2.68. The molecular formula is C22H22ClNO4. The molecule has 0 fully saturated rings. The lowest BCUT2D eigenvalue weighted by atomic mass is 9.97. The second-order valence-corrected chi connectivity index (χ2v) is 7.17. The fourth-order valence-electron chi connectivity index (χ4n) is 3.35. The van der Waals surface area contributed by atoms with E-state index < -0.39 is 5.97 Å². The number of hydrogen-bond acceptors (Lipinski definition) is 4. The molecule has 0 bridgehead atoms. The number of aromatic nitrogens is 1. The number of hydrogen-bond donors (Lipinski definition) is 0. The molecule has 2 aromatic carbocycles. The van der Waals surface area contributed by atoms with Crippen molar-refractivity contribution in [2.24, 2.45) is 7.05 Å². The molecule has 28 heavy (non-hydrogen) atoms. The Morgan fingerprint density at radius 1 is 1.18 bits per heavy atom. The van der Waals surface area contributed by atoms with Gasteiger partial charge in [-0.15, -0.1) is 0 Å². The number of carbonyl (C=O) groups excluding carboxylic acids is 1. The van der Waals surface area contributed by atoms with Crippen LogP contribution in [0.4, 0.5) is 0 Å². The van der Waals surface area contributed by atoms with Crippen LogP contribution in [-0.2, 0) is 23.0 Å². The highest BCUT2D eigenvalue weighted by molar-refractivity contribution is 6.31. The van der Waals surface area contributed by atoms with Crippen molar-refractivity contribution in [1.29, 1.82) is 0 Å². The molecule has 0 amide bonds. The first-order valence-corrected chi connectivity index (χ1v) is 9.27. The number of ether oxygens (including phenoxy) is 2. The molecule has 3 aromatic rings. The van der Waals surface area contributed by atoms with Crippen LogP contribution in [0.3, 0.4) is 0 Å². The summed E-state index contributed by atoms with van der Waals surface area (Å²) in [5.41, 5.74) is 3.96. The standard InChI is InChI=1S/C22H22ClNO4/c1-13-9-18-21(19(10-13)28-12-20(25)27-4)14(2)16(22(26)24(18)3)11-15-7-5-6-8-17(15)23/h5-10H,11-12H2,1-4H3. The Bertz CT molecular complexity index is 1120. The van der Waals surface area contributed by atoms with E-state index in [4.69, 9.17) is 16.3 Å². The summed E-state index contributed by atoms with van der Waals surface area (Å²) in [7, 11) is 3.06. The third-order valence-electron chi connectivity index (χ3n) is 4.88.